The van der Waals surface area contributed by atoms with Crippen molar-refractivity contribution >= 4 is 40.3 Å². The quantitative estimate of drug-likeness (QED) is 0.867. The minimum Gasteiger partial charge on any atom is -0.321 e. The number of rotatable bonds is 3. The number of carbonyl (C=O) groups excluding carboxylic acids is 2. The maximum absolute atomic E-state index is 11.8. The van der Waals surface area contributed by atoms with E-state index < -0.39 is 0 Å². The van der Waals surface area contributed by atoms with Crippen LogP contribution < -0.4 is 5.32 Å². The van der Waals surface area contributed by atoms with Gasteiger partial charge in [0, 0.05) is 11.3 Å². The second kappa shape index (κ2) is 5.33. The van der Waals surface area contributed by atoms with Crippen molar-refractivity contribution in [2.75, 3.05) is 5.32 Å². The summed E-state index contributed by atoms with van der Waals surface area (Å²) >= 11 is 6.99. The molecule has 0 radical (unpaired) electrons. The molecule has 0 saturated heterocycles. The number of amides is 1. The molecule has 1 aromatic heterocycles. The zero-order valence-electron chi connectivity index (χ0n) is 9.57. The van der Waals surface area contributed by atoms with Crippen LogP contribution in [0.2, 0.25) is 4.34 Å². The summed E-state index contributed by atoms with van der Waals surface area (Å²) in [6.07, 6.45) is 0. The number of ketones is 1. The molecule has 2 rings (SSSR count). The van der Waals surface area contributed by atoms with Crippen LogP contribution in [0.4, 0.5) is 5.69 Å². The largest absolute Gasteiger partial charge is 0.321 e. The summed E-state index contributed by atoms with van der Waals surface area (Å²) in [5.74, 6) is -0.208. The summed E-state index contributed by atoms with van der Waals surface area (Å²) < 4.78 is 0.576. The zero-order chi connectivity index (χ0) is 13.1. The molecule has 2 aromatic rings. The third-order valence-electron chi connectivity index (χ3n) is 2.35. The highest BCUT2D eigenvalue weighted by atomic mass is 35.5. The van der Waals surface area contributed by atoms with Crippen molar-refractivity contribution in [3.63, 3.8) is 0 Å². The van der Waals surface area contributed by atoms with Crippen LogP contribution >= 0.6 is 22.9 Å². The summed E-state index contributed by atoms with van der Waals surface area (Å²) in [5, 5.41) is 2.74. The number of thiophene rings is 1. The van der Waals surface area contributed by atoms with Crippen molar-refractivity contribution in [1.29, 1.82) is 0 Å². The summed E-state index contributed by atoms with van der Waals surface area (Å²) in [4.78, 5) is 23.5. The van der Waals surface area contributed by atoms with E-state index in [-0.39, 0.29) is 11.7 Å². The Morgan fingerprint density at radius 3 is 2.28 bits per heavy atom. The molecule has 0 aliphatic rings. The molecule has 0 fully saturated rings. The molecule has 5 heteroatoms. The van der Waals surface area contributed by atoms with E-state index in [1.807, 2.05) is 0 Å². The predicted molar refractivity (Wildman–Crippen MR) is 73.7 cm³/mol. The van der Waals surface area contributed by atoms with Crippen LogP contribution in [0.1, 0.15) is 27.0 Å². The Morgan fingerprint density at radius 2 is 1.78 bits per heavy atom. The van der Waals surface area contributed by atoms with Crippen molar-refractivity contribution < 1.29 is 9.59 Å². The summed E-state index contributed by atoms with van der Waals surface area (Å²) in [6, 6.07) is 10.1. The molecule has 1 N–H and O–H groups in total. The first kappa shape index (κ1) is 12.8. The van der Waals surface area contributed by atoms with Gasteiger partial charge < -0.3 is 5.32 Å². The maximum atomic E-state index is 11.8. The number of hydrogen-bond donors (Lipinski definition) is 1. The van der Waals surface area contributed by atoms with Gasteiger partial charge in [-0.15, -0.1) is 11.3 Å². The third-order valence-corrected chi connectivity index (χ3v) is 3.58. The number of carbonyl (C=O) groups is 2. The maximum Gasteiger partial charge on any atom is 0.265 e. The normalized spacial score (nSPS) is 10.1. The number of anilines is 1. The van der Waals surface area contributed by atoms with Crippen LogP contribution in [0.15, 0.2) is 36.4 Å². The predicted octanol–water partition coefficient (Wildman–Crippen LogP) is 3.86. The van der Waals surface area contributed by atoms with Crippen molar-refractivity contribution in [3.8, 4) is 0 Å². The standard InChI is InChI=1S/C13H10ClNO2S/c1-8(16)9-2-4-10(5-3-9)15-13(17)11-6-7-12(14)18-11/h2-7H,1H3,(H,15,17). The van der Waals surface area contributed by atoms with Gasteiger partial charge in [0.1, 0.15) is 0 Å². The minimum absolute atomic E-state index is 0.00193. The molecule has 0 unspecified atom stereocenters. The second-order valence-electron chi connectivity index (χ2n) is 3.69. The van der Waals surface area contributed by atoms with Crippen LogP contribution in [-0.2, 0) is 0 Å². The van der Waals surface area contributed by atoms with E-state index in [4.69, 9.17) is 11.6 Å². The van der Waals surface area contributed by atoms with Gasteiger partial charge in [0.05, 0.1) is 9.21 Å². The molecule has 3 nitrogen and oxygen atoms in total. The lowest BCUT2D eigenvalue weighted by Gasteiger charge is -2.03. The van der Waals surface area contributed by atoms with Crippen LogP contribution in [0.5, 0.6) is 0 Å². The second-order valence-corrected chi connectivity index (χ2v) is 5.41. The number of hydrogen-bond acceptors (Lipinski definition) is 3. The third kappa shape index (κ3) is 2.97. The summed E-state index contributed by atoms with van der Waals surface area (Å²) in [6.45, 7) is 1.50. The molecule has 0 aliphatic carbocycles. The smallest absolute Gasteiger partial charge is 0.265 e. The van der Waals surface area contributed by atoms with Crippen LogP contribution in [0.3, 0.4) is 0 Å². The van der Waals surface area contributed by atoms with Crippen LogP contribution in [-0.4, -0.2) is 11.7 Å². The van der Waals surface area contributed by atoms with E-state index in [2.05, 4.69) is 5.32 Å². The van der Waals surface area contributed by atoms with E-state index in [1.165, 1.54) is 18.3 Å². The van der Waals surface area contributed by atoms with E-state index in [1.54, 1.807) is 36.4 Å². The van der Waals surface area contributed by atoms with Gasteiger partial charge in [-0.3, -0.25) is 9.59 Å². The molecule has 0 saturated carbocycles. The number of nitrogens with one attached hydrogen (secondary N) is 1. The number of benzene rings is 1. The molecule has 1 aromatic carbocycles. The van der Waals surface area contributed by atoms with E-state index in [0.29, 0.717) is 20.5 Å². The SMILES string of the molecule is CC(=O)c1ccc(NC(=O)c2ccc(Cl)s2)cc1. The van der Waals surface area contributed by atoms with Gasteiger partial charge in [-0.25, -0.2) is 0 Å². The first-order valence-corrected chi connectivity index (χ1v) is 6.43. The highest BCUT2D eigenvalue weighted by molar-refractivity contribution is 7.18. The van der Waals surface area contributed by atoms with E-state index in [0.717, 1.165) is 0 Å². The van der Waals surface area contributed by atoms with Gasteiger partial charge in [-0.05, 0) is 43.3 Å². The Morgan fingerprint density at radius 1 is 1.11 bits per heavy atom. The highest BCUT2D eigenvalue weighted by Crippen LogP contribution is 2.22. The molecule has 0 atom stereocenters. The van der Waals surface area contributed by atoms with Gasteiger partial charge in [-0.2, -0.15) is 0 Å². The Bertz CT molecular complexity index is 589. The summed E-state index contributed by atoms with van der Waals surface area (Å²) in [7, 11) is 0. The average molecular weight is 280 g/mol. The minimum atomic E-state index is -0.206. The Labute approximate surface area is 113 Å². The number of halogens is 1. The van der Waals surface area contributed by atoms with Crippen molar-refractivity contribution in [1.82, 2.24) is 0 Å². The van der Waals surface area contributed by atoms with Gasteiger partial charge in [0.15, 0.2) is 5.78 Å². The Balaban J connectivity index is 2.10. The van der Waals surface area contributed by atoms with Crippen LogP contribution in [0.25, 0.3) is 0 Å². The zero-order valence-corrected chi connectivity index (χ0v) is 11.1. The first-order valence-electron chi connectivity index (χ1n) is 5.24. The Hall–Kier alpha value is -1.65. The molecule has 1 heterocycles. The first-order chi connectivity index (χ1) is 8.56. The molecule has 18 heavy (non-hydrogen) atoms. The topological polar surface area (TPSA) is 46.2 Å². The molecular formula is C13H10ClNO2S. The molecule has 92 valence electrons. The highest BCUT2D eigenvalue weighted by Gasteiger charge is 2.09. The van der Waals surface area contributed by atoms with Crippen LogP contribution in [0, 0.1) is 0 Å². The fourth-order valence-corrected chi connectivity index (χ4v) is 2.36. The molecule has 0 spiro atoms. The van der Waals surface area contributed by atoms with E-state index in [9.17, 15) is 9.59 Å². The monoisotopic (exact) mass is 279 g/mol. The van der Waals surface area contributed by atoms with Crippen molar-refractivity contribution in [3.05, 3.63) is 51.2 Å². The molecule has 0 aliphatic heterocycles. The Kier molecular flexibility index (Phi) is 3.79. The van der Waals surface area contributed by atoms with Crippen molar-refractivity contribution in [2.45, 2.75) is 6.92 Å². The number of Topliss-reactive ketones (excluding diaryl/α,β-unsaturated/α-hetero) is 1. The molecule has 1 amide bonds. The molecule has 0 bridgehead atoms. The van der Waals surface area contributed by atoms with Gasteiger partial charge >= 0.3 is 0 Å². The van der Waals surface area contributed by atoms with Crippen molar-refractivity contribution in [2.24, 2.45) is 0 Å². The summed E-state index contributed by atoms with van der Waals surface area (Å²) in [5.41, 5.74) is 1.27. The molecular weight excluding hydrogens is 270 g/mol. The fourth-order valence-electron chi connectivity index (χ4n) is 1.42. The average Bonchev–Trinajstić information content (AvgIpc) is 2.76. The van der Waals surface area contributed by atoms with Gasteiger partial charge in [0.2, 0.25) is 0 Å². The lowest BCUT2D eigenvalue weighted by molar-refractivity contribution is 0.101. The lowest BCUT2D eigenvalue weighted by atomic mass is 10.1. The van der Waals surface area contributed by atoms with E-state index >= 15 is 0 Å². The fraction of sp³-hybridized carbons (Fsp3) is 0.0769. The van der Waals surface area contributed by atoms with Gasteiger partial charge in [-0.1, -0.05) is 11.6 Å². The lowest BCUT2D eigenvalue weighted by Crippen LogP contribution is -2.10. The van der Waals surface area contributed by atoms with Gasteiger partial charge in [0.25, 0.3) is 5.91 Å².